The molecule has 9 heteroatoms. The summed E-state index contributed by atoms with van der Waals surface area (Å²) >= 11 is 0. The van der Waals surface area contributed by atoms with Gasteiger partial charge in [0.25, 0.3) is 0 Å². The minimum Gasteiger partial charge on any atom is -0.497 e. The van der Waals surface area contributed by atoms with Crippen LogP contribution >= 0.6 is 0 Å². The van der Waals surface area contributed by atoms with Gasteiger partial charge in [-0.05, 0) is 67.4 Å². The van der Waals surface area contributed by atoms with Gasteiger partial charge in [-0.3, -0.25) is 0 Å². The molecule has 0 aliphatic heterocycles. The van der Waals surface area contributed by atoms with Gasteiger partial charge in [0.1, 0.15) is 22.1 Å². The van der Waals surface area contributed by atoms with E-state index in [1.165, 1.54) is 19.2 Å². The molecule has 1 N–H and O–H groups in total. The number of methoxy groups -OCH3 is 2. The van der Waals surface area contributed by atoms with Gasteiger partial charge in [0.15, 0.2) is 0 Å². The molecule has 1 atom stereocenters. The number of carbonyl (C=O) groups excluding carboxylic acids is 1. The van der Waals surface area contributed by atoms with E-state index < -0.39 is 10.1 Å². The summed E-state index contributed by atoms with van der Waals surface area (Å²) < 4.78 is 40.8. The Morgan fingerprint density at radius 2 is 1.54 bits per heavy atom. The second kappa shape index (κ2) is 11.6. The van der Waals surface area contributed by atoms with E-state index in [4.69, 9.17) is 13.7 Å². The van der Waals surface area contributed by atoms with Crippen molar-refractivity contribution in [2.75, 3.05) is 19.5 Å². The highest BCUT2D eigenvalue weighted by Crippen LogP contribution is 2.25. The molecule has 0 radical (unpaired) electrons. The zero-order chi connectivity index (χ0) is 25.4. The molecule has 8 nitrogen and oxygen atoms in total. The van der Waals surface area contributed by atoms with Crippen LogP contribution in [0.25, 0.3) is 0 Å². The highest BCUT2D eigenvalue weighted by Gasteiger charge is 2.21. The first-order chi connectivity index (χ1) is 16.8. The molecule has 0 bridgehead atoms. The molecule has 186 valence electrons. The van der Waals surface area contributed by atoms with Crippen molar-refractivity contribution in [1.82, 2.24) is 4.90 Å². The van der Waals surface area contributed by atoms with Crippen LogP contribution in [0.15, 0.2) is 77.7 Å². The van der Waals surface area contributed by atoms with Gasteiger partial charge in [-0.15, -0.1) is 0 Å². The van der Waals surface area contributed by atoms with Crippen molar-refractivity contribution in [3.63, 3.8) is 0 Å². The minimum atomic E-state index is -3.99. The number of ether oxygens (including phenoxy) is 2. The fourth-order valence-corrected chi connectivity index (χ4v) is 4.28. The lowest BCUT2D eigenvalue weighted by Crippen LogP contribution is -2.40. The van der Waals surface area contributed by atoms with Crippen molar-refractivity contribution in [3.8, 4) is 17.2 Å². The van der Waals surface area contributed by atoms with Crippen molar-refractivity contribution in [1.29, 1.82) is 0 Å². The second-order valence-electron chi connectivity index (χ2n) is 7.87. The third-order valence-electron chi connectivity index (χ3n) is 5.56. The van der Waals surface area contributed by atoms with Crippen LogP contribution in [-0.4, -0.2) is 39.6 Å². The summed E-state index contributed by atoms with van der Waals surface area (Å²) in [5.41, 5.74) is 1.41. The average molecular weight is 499 g/mol. The number of carbonyl (C=O) groups is 1. The first-order valence-electron chi connectivity index (χ1n) is 11.2. The predicted octanol–water partition coefficient (Wildman–Crippen LogP) is 5.30. The van der Waals surface area contributed by atoms with Gasteiger partial charge in [0, 0.05) is 12.6 Å². The molecule has 0 spiro atoms. The zero-order valence-corrected chi connectivity index (χ0v) is 21.0. The quantitative estimate of drug-likeness (QED) is 0.381. The minimum absolute atomic E-state index is 0.0262. The SMILES string of the molecule is CC[C@@H](C)N(Cc1ccc(OS(=O)(=O)c2ccc(OC)cc2)cc1)C(=O)Nc1ccccc1OC. The van der Waals surface area contributed by atoms with Crippen LogP contribution in [0.1, 0.15) is 25.8 Å². The monoisotopic (exact) mass is 498 g/mol. The molecule has 0 unspecified atom stereocenters. The van der Waals surface area contributed by atoms with E-state index in [-0.39, 0.29) is 22.7 Å². The maximum absolute atomic E-state index is 13.1. The van der Waals surface area contributed by atoms with Crippen molar-refractivity contribution < 1.29 is 26.9 Å². The summed E-state index contributed by atoms with van der Waals surface area (Å²) in [4.78, 5) is 14.8. The number of urea groups is 1. The van der Waals surface area contributed by atoms with Crippen LogP contribution in [0.5, 0.6) is 17.2 Å². The second-order valence-corrected chi connectivity index (χ2v) is 9.42. The fourth-order valence-electron chi connectivity index (χ4n) is 3.35. The lowest BCUT2D eigenvalue weighted by Gasteiger charge is -2.29. The van der Waals surface area contributed by atoms with Gasteiger partial charge in [-0.1, -0.05) is 31.2 Å². The fraction of sp³-hybridized carbons (Fsp3) is 0.269. The van der Waals surface area contributed by atoms with Gasteiger partial charge in [-0.25, -0.2) is 4.79 Å². The standard InChI is InChI=1S/C26H30N2O6S/c1-5-19(2)28(26(29)27-24-8-6-7-9-25(24)33-4)18-20-10-12-22(13-11-20)34-35(30,31)23-16-14-21(32-3)15-17-23/h6-17,19H,5,18H2,1-4H3,(H,27,29)/t19-/m1/s1. The van der Waals surface area contributed by atoms with Gasteiger partial charge < -0.3 is 23.9 Å². The number of benzene rings is 3. The number of rotatable bonds is 10. The Hall–Kier alpha value is -3.72. The first kappa shape index (κ1) is 25.9. The van der Waals surface area contributed by atoms with Gasteiger partial charge >= 0.3 is 16.1 Å². The summed E-state index contributed by atoms with van der Waals surface area (Å²) in [6.45, 7) is 4.32. The normalized spacial score (nSPS) is 11.9. The number of nitrogens with one attached hydrogen (secondary N) is 1. The Bertz CT molecular complexity index is 1230. The Labute approximate surface area is 206 Å². The highest BCUT2D eigenvalue weighted by molar-refractivity contribution is 7.87. The predicted molar refractivity (Wildman–Crippen MR) is 135 cm³/mol. The van der Waals surface area contributed by atoms with E-state index in [2.05, 4.69) is 5.32 Å². The van der Waals surface area contributed by atoms with Gasteiger partial charge in [-0.2, -0.15) is 8.42 Å². The van der Waals surface area contributed by atoms with Crippen LogP contribution in [0.2, 0.25) is 0 Å². The largest absolute Gasteiger partial charge is 0.497 e. The molecule has 0 aliphatic carbocycles. The Kier molecular flexibility index (Phi) is 8.59. The molecule has 0 saturated carbocycles. The van der Waals surface area contributed by atoms with Crippen molar-refractivity contribution in [2.45, 2.75) is 37.8 Å². The summed E-state index contributed by atoms with van der Waals surface area (Å²) in [6.07, 6.45) is 0.765. The van der Waals surface area contributed by atoms with E-state index in [0.717, 1.165) is 12.0 Å². The van der Waals surface area contributed by atoms with Crippen LogP contribution in [-0.2, 0) is 16.7 Å². The molecule has 3 rings (SSSR count). The molecular weight excluding hydrogens is 468 g/mol. The number of para-hydroxylation sites is 2. The van der Waals surface area contributed by atoms with E-state index in [1.54, 1.807) is 60.5 Å². The number of anilines is 1. The molecule has 0 saturated heterocycles. The Morgan fingerprint density at radius 1 is 0.914 bits per heavy atom. The first-order valence-corrected chi connectivity index (χ1v) is 12.6. The highest BCUT2D eigenvalue weighted by atomic mass is 32.2. The summed E-state index contributed by atoms with van der Waals surface area (Å²) in [5.74, 6) is 1.30. The third-order valence-corrected chi connectivity index (χ3v) is 6.82. The van der Waals surface area contributed by atoms with E-state index >= 15 is 0 Å². The molecular formula is C26H30N2O6S. The van der Waals surface area contributed by atoms with Gasteiger partial charge in [0.2, 0.25) is 0 Å². The molecule has 3 aromatic carbocycles. The number of hydrogen-bond acceptors (Lipinski definition) is 6. The van der Waals surface area contributed by atoms with E-state index in [9.17, 15) is 13.2 Å². The van der Waals surface area contributed by atoms with Crippen molar-refractivity contribution in [3.05, 3.63) is 78.4 Å². The summed E-state index contributed by atoms with van der Waals surface area (Å²) in [5, 5.41) is 2.91. The number of nitrogens with zero attached hydrogens (tertiary/aromatic N) is 1. The van der Waals surface area contributed by atoms with Crippen LogP contribution in [0.3, 0.4) is 0 Å². The smallest absolute Gasteiger partial charge is 0.339 e. The number of hydrogen-bond donors (Lipinski definition) is 1. The molecule has 35 heavy (non-hydrogen) atoms. The molecule has 0 aliphatic rings. The topological polar surface area (TPSA) is 94.2 Å². The Morgan fingerprint density at radius 3 is 2.14 bits per heavy atom. The van der Waals surface area contributed by atoms with Crippen LogP contribution < -0.4 is 19.0 Å². The molecule has 3 aromatic rings. The maximum atomic E-state index is 13.1. The molecule has 0 fully saturated rings. The van der Waals surface area contributed by atoms with Gasteiger partial charge in [0.05, 0.1) is 19.9 Å². The van der Waals surface area contributed by atoms with Crippen LogP contribution in [0.4, 0.5) is 10.5 Å². The molecule has 0 aromatic heterocycles. The maximum Gasteiger partial charge on any atom is 0.339 e. The summed E-state index contributed by atoms with van der Waals surface area (Å²) in [7, 11) is -0.931. The lowest BCUT2D eigenvalue weighted by atomic mass is 10.1. The van der Waals surface area contributed by atoms with Crippen molar-refractivity contribution >= 4 is 21.8 Å². The zero-order valence-electron chi connectivity index (χ0n) is 20.2. The molecule has 2 amide bonds. The van der Waals surface area contributed by atoms with E-state index in [0.29, 0.717) is 23.7 Å². The lowest BCUT2D eigenvalue weighted by molar-refractivity contribution is 0.187. The Balaban J connectivity index is 1.72. The molecule has 0 heterocycles. The van der Waals surface area contributed by atoms with Crippen molar-refractivity contribution in [2.24, 2.45) is 0 Å². The number of amides is 2. The average Bonchev–Trinajstić information content (AvgIpc) is 2.87. The third kappa shape index (κ3) is 6.66. The summed E-state index contributed by atoms with van der Waals surface area (Å²) in [6, 6.07) is 19.5. The van der Waals surface area contributed by atoms with Crippen LogP contribution in [0, 0.1) is 0 Å². The van der Waals surface area contributed by atoms with E-state index in [1.807, 2.05) is 26.0 Å².